The van der Waals surface area contributed by atoms with E-state index in [1.807, 2.05) is 36.1 Å². The zero-order chi connectivity index (χ0) is 10.6. The zero-order valence-corrected chi connectivity index (χ0v) is 8.87. The van der Waals surface area contributed by atoms with Crippen molar-refractivity contribution in [1.82, 2.24) is 0 Å². The van der Waals surface area contributed by atoms with Crippen molar-refractivity contribution in [1.29, 1.82) is 0 Å². The van der Waals surface area contributed by atoms with Crippen LogP contribution in [-0.4, -0.2) is 18.7 Å². The van der Waals surface area contributed by atoms with Gasteiger partial charge in [0.2, 0.25) is 0 Å². The van der Waals surface area contributed by atoms with Crippen molar-refractivity contribution in [3.63, 3.8) is 0 Å². The SMILES string of the molecule is C[n+]1ccc(CCCS(=O)(=O)O)cc1. The molecule has 0 bridgehead atoms. The summed E-state index contributed by atoms with van der Waals surface area (Å²) in [6, 6.07) is 3.87. The first kappa shape index (κ1) is 11.1. The Balaban J connectivity index is 2.43. The minimum atomic E-state index is -3.81. The third-order valence-corrected chi connectivity index (χ3v) is 2.72. The monoisotopic (exact) mass is 216 g/mol. The number of nitrogens with zero attached hydrogens (tertiary/aromatic N) is 1. The van der Waals surface area contributed by atoms with Crippen LogP contribution in [-0.2, 0) is 23.6 Å². The number of aryl methyl sites for hydroxylation is 2. The molecular weight excluding hydrogens is 202 g/mol. The van der Waals surface area contributed by atoms with Gasteiger partial charge in [-0.15, -0.1) is 0 Å². The number of hydrogen-bond donors (Lipinski definition) is 1. The summed E-state index contributed by atoms with van der Waals surface area (Å²) in [4.78, 5) is 0. The Hall–Kier alpha value is -0.940. The Labute approximate surface area is 83.9 Å². The van der Waals surface area contributed by atoms with Crippen molar-refractivity contribution in [3.8, 4) is 0 Å². The van der Waals surface area contributed by atoms with Crippen LogP contribution in [0.25, 0.3) is 0 Å². The minimum Gasteiger partial charge on any atom is -0.286 e. The lowest BCUT2D eigenvalue weighted by atomic mass is 10.2. The van der Waals surface area contributed by atoms with Gasteiger partial charge in [-0.2, -0.15) is 8.42 Å². The van der Waals surface area contributed by atoms with Gasteiger partial charge in [0.15, 0.2) is 12.4 Å². The summed E-state index contributed by atoms with van der Waals surface area (Å²) in [6.07, 6.45) is 4.93. The quantitative estimate of drug-likeness (QED) is 0.583. The molecule has 1 rings (SSSR count). The van der Waals surface area contributed by atoms with E-state index < -0.39 is 10.1 Å². The molecule has 0 radical (unpaired) electrons. The minimum absolute atomic E-state index is 0.173. The van der Waals surface area contributed by atoms with Crippen LogP contribution in [0.4, 0.5) is 0 Å². The fraction of sp³-hybridized carbons (Fsp3) is 0.444. The molecule has 1 N–H and O–H groups in total. The third-order valence-electron chi connectivity index (χ3n) is 1.92. The summed E-state index contributed by atoms with van der Waals surface area (Å²) in [5, 5.41) is 0. The van der Waals surface area contributed by atoms with Crippen LogP contribution in [0.1, 0.15) is 12.0 Å². The second kappa shape index (κ2) is 4.52. The molecule has 5 heteroatoms. The van der Waals surface area contributed by atoms with Crippen molar-refractivity contribution in [2.45, 2.75) is 12.8 Å². The van der Waals surface area contributed by atoms with Crippen LogP contribution in [0.2, 0.25) is 0 Å². The fourth-order valence-electron chi connectivity index (χ4n) is 1.16. The maximum absolute atomic E-state index is 10.4. The lowest BCUT2D eigenvalue weighted by Gasteiger charge is -1.98. The molecule has 4 nitrogen and oxygen atoms in total. The average molecular weight is 216 g/mol. The standard InChI is InChI=1S/C9H13NO3S/c1-10-6-4-9(5-7-10)3-2-8-14(11,12)13/h4-7H,2-3,8H2,1H3/p+1. The summed E-state index contributed by atoms with van der Waals surface area (Å²) in [6.45, 7) is 0. The second-order valence-electron chi connectivity index (χ2n) is 3.26. The first-order valence-electron chi connectivity index (χ1n) is 4.37. The third kappa shape index (κ3) is 4.34. The summed E-state index contributed by atoms with van der Waals surface area (Å²) in [7, 11) is -1.89. The Kier molecular flexibility index (Phi) is 3.60. The van der Waals surface area contributed by atoms with Gasteiger partial charge in [-0.05, 0) is 18.4 Å². The van der Waals surface area contributed by atoms with Crippen molar-refractivity contribution in [3.05, 3.63) is 30.1 Å². The smallest absolute Gasteiger partial charge is 0.264 e. The highest BCUT2D eigenvalue weighted by molar-refractivity contribution is 7.85. The highest BCUT2D eigenvalue weighted by Gasteiger charge is 2.04. The van der Waals surface area contributed by atoms with E-state index in [1.165, 1.54) is 0 Å². The van der Waals surface area contributed by atoms with Gasteiger partial charge in [0.1, 0.15) is 7.05 Å². The van der Waals surface area contributed by atoms with E-state index in [0.29, 0.717) is 12.8 Å². The average Bonchev–Trinajstić information content (AvgIpc) is 2.06. The predicted octanol–water partition coefficient (Wildman–Crippen LogP) is 0.331. The Morgan fingerprint density at radius 1 is 1.36 bits per heavy atom. The molecule has 0 aliphatic heterocycles. The molecule has 0 unspecified atom stereocenters. The Morgan fingerprint density at radius 3 is 2.43 bits per heavy atom. The largest absolute Gasteiger partial charge is 0.286 e. The molecule has 0 amide bonds. The summed E-state index contributed by atoms with van der Waals surface area (Å²) in [5.74, 6) is -0.173. The number of pyridine rings is 1. The first-order valence-corrected chi connectivity index (χ1v) is 5.97. The van der Waals surface area contributed by atoms with E-state index in [2.05, 4.69) is 0 Å². The molecule has 1 aromatic heterocycles. The van der Waals surface area contributed by atoms with Gasteiger partial charge >= 0.3 is 0 Å². The molecule has 1 heterocycles. The topological polar surface area (TPSA) is 58.2 Å². The molecule has 0 aromatic carbocycles. The molecular formula is C9H14NO3S+. The van der Waals surface area contributed by atoms with Crippen LogP contribution in [0.5, 0.6) is 0 Å². The van der Waals surface area contributed by atoms with Crippen LogP contribution >= 0.6 is 0 Å². The number of aromatic nitrogens is 1. The molecule has 14 heavy (non-hydrogen) atoms. The molecule has 0 saturated heterocycles. The zero-order valence-electron chi connectivity index (χ0n) is 8.05. The van der Waals surface area contributed by atoms with Gasteiger partial charge in [0, 0.05) is 12.1 Å². The Morgan fingerprint density at radius 2 is 1.93 bits per heavy atom. The van der Waals surface area contributed by atoms with Gasteiger partial charge in [0.05, 0.1) is 5.75 Å². The first-order chi connectivity index (χ1) is 6.47. The maximum atomic E-state index is 10.4. The molecule has 0 spiro atoms. The van der Waals surface area contributed by atoms with Crippen molar-refractivity contribution >= 4 is 10.1 Å². The summed E-state index contributed by atoms with van der Waals surface area (Å²) in [5.41, 5.74) is 1.08. The molecule has 0 fully saturated rings. The highest BCUT2D eigenvalue weighted by Crippen LogP contribution is 2.01. The van der Waals surface area contributed by atoms with Crippen LogP contribution in [0, 0.1) is 0 Å². The highest BCUT2D eigenvalue weighted by atomic mass is 32.2. The van der Waals surface area contributed by atoms with Gasteiger partial charge in [-0.3, -0.25) is 4.55 Å². The summed E-state index contributed by atoms with van der Waals surface area (Å²) >= 11 is 0. The molecule has 0 atom stereocenters. The van der Waals surface area contributed by atoms with Crippen molar-refractivity contribution < 1.29 is 17.5 Å². The van der Waals surface area contributed by atoms with Gasteiger partial charge in [0.25, 0.3) is 10.1 Å². The second-order valence-corrected chi connectivity index (χ2v) is 4.83. The van der Waals surface area contributed by atoms with Crippen LogP contribution in [0.15, 0.2) is 24.5 Å². The van der Waals surface area contributed by atoms with Gasteiger partial charge in [-0.25, -0.2) is 4.57 Å². The molecule has 0 saturated carbocycles. The molecule has 0 aliphatic carbocycles. The normalized spacial score (nSPS) is 11.6. The van der Waals surface area contributed by atoms with E-state index in [4.69, 9.17) is 4.55 Å². The molecule has 1 aromatic rings. The number of rotatable bonds is 4. The fourth-order valence-corrected chi connectivity index (χ4v) is 1.67. The van der Waals surface area contributed by atoms with Gasteiger partial charge < -0.3 is 0 Å². The molecule has 78 valence electrons. The molecule has 0 aliphatic rings. The van der Waals surface area contributed by atoms with E-state index >= 15 is 0 Å². The van der Waals surface area contributed by atoms with Gasteiger partial charge in [-0.1, -0.05) is 0 Å². The lowest BCUT2D eigenvalue weighted by Crippen LogP contribution is -2.25. The van der Waals surface area contributed by atoms with E-state index in [1.54, 1.807) is 0 Å². The Bertz CT molecular complexity index is 383. The van der Waals surface area contributed by atoms with E-state index in [9.17, 15) is 8.42 Å². The number of hydrogen-bond acceptors (Lipinski definition) is 2. The summed E-state index contributed by atoms with van der Waals surface area (Å²) < 4.78 is 31.3. The van der Waals surface area contributed by atoms with Crippen LogP contribution in [0.3, 0.4) is 0 Å². The van der Waals surface area contributed by atoms with Crippen molar-refractivity contribution in [2.75, 3.05) is 5.75 Å². The maximum Gasteiger partial charge on any atom is 0.264 e. The van der Waals surface area contributed by atoms with Crippen molar-refractivity contribution in [2.24, 2.45) is 7.05 Å². The van der Waals surface area contributed by atoms with E-state index in [-0.39, 0.29) is 5.75 Å². The lowest BCUT2D eigenvalue weighted by molar-refractivity contribution is -0.671. The van der Waals surface area contributed by atoms with E-state index in [0.717, 1.165) is 5.56 Å². The van der Waals surface area contributed by atoms with Crippen LogP contribution < -0.4 is 4.57 Å². The predicted molar refractivity (Wildman–Crippen MR) is 52.4 cm³/mol.